The van der Waals surface area contributed by atoms with Gasteiger partial charge in [-0.2, -0.15) is 13.2 Å². The van der Waals surface area contributed by atoms with E-state index in [9.17, 15) is 13.2 Å². The fraction of sp³-hybridized carbons (Fsp3) is 0.333. The number of hydrogen-bond donors (Lipinski definition) is 0. The third kappa shape index (κ3) is 6.14. The number of thioether (sulfide) groups is 1. The molecule has 0 N–H and O–H groups in total. The number of rotatable bonds is 4. The molecule has 1 aromatic rings. The highest BCUT2D eigenvalue weighted by Crippen LogP contribution is 2.29. The molecule has 0 radical (unpaired) electrons. The van der Waals surface area contributed by atoms with Gasteiger partial charge in [0.2, 0.25) is 0 Å². The van der Waals surface area contributed by atoms with Crippen molar-refractivity contribution in [1.29, 1.82) is 0 Å². The first kappa shape index (κ1) is 13.0. The van der Waals surface area contributed by atoms with E-state index in [0.717, 1.165) is 3.57 Å². The highest BCUT2D eigenvalue weighted by Gasteiger charge is 2.27. The lowest BCUT2D eigenvalue weighted by atomic mass is 10.3. The van der Waals surface area contributed by atoms with Crippen LogP contribution in [0.5, 0.6) is 5.75 Å². The zero-order valence-electron chi connectivity index (χ0n) is 7.55. The Balaban J connectivity index is 2.26. The van der Waals surface area contributed by atoms with Gasteiger partial charge in [-0.05, 0) is 52.6 Å². The van der Waals surface area contributed by atoms with Gasteiger partial charge in [-0.25, -0.2) is 0 Å². The Morgan fingerprint density at radius 2 is 2.07 bits per heavy atom. The zero-order chi connectivity index (χ0) is 11.3. The van der Waals surface area contributed by atoms with Crippen molar-refractivity contribution in [3.63, 3.8) is 0 Å². The summed E-state index contributed by atoms with van der Waals surface area (Å²) in [4.78, 5) is 0. The van der Waals surface area contributed by atoms with E-state index in [-0.39, 0.29) is 24.1 Å². The Morgan fingerprint density at radius 1 is 1.33 bits per heavy atom. The minimum absolute atomic E-state index is 0.0598. The molecule has 1 rings (SSSR count). The van der Waals surface area contributed by atoms with Gasteiger partial charge in [0.15, 0.2) is 0 Å². The summed E-state index contributed by atoms with van der Waals surface area (Å²) < 4.78 is 41.4. The second kappa shape index (κ2) is 5.83. The van der Waals surface area contributed by atoms with E-state index < -0.39 is 5.51 Å². The second-order valence-corrected chi connectivity index (χ2v) is 5.01. The van der Waals surface area contributed by atoms with Gasteiger partial charge >= 0.3 is 5.51 Å². The van der Waals surface area contributed by atoms with Crippen molar-refractivity contribution in [2.45, 2.75) is 5.51 Å². The first-order valence-electron chi connectivity index (χ1n) is 4.06. The fourth-order valence-corrected chi connectivity index (χ4v) is 1.79. The second-order valence-electron chi connectivity index (χ2n) is 2.60. The molecule has 15 heavy (non-hydrogen) atoms. The van der Waals surface area contributed by atoms with E-state index >= 15 is 0 Å². The quantitative estimate of drug-likeness (QED) is 0.603. The average molecular weight is 348 g/mol. The van der Waals surface area contributed by atoms with Crippen LogP contribution in [-0.2, 0) is 0 Å². The van der Waals surface area contributed by atoms with Gasteiger partial charge in [0, 0.05) is 9.32 Å². The molecule has 84 valence electrons. The molecule has 0 aliphatic heterocycles. The lowest BCUT2D eigenvalue weighted by molar-refractivity contribution is -0.0329. The van der Waals surface area contributed by atoms with Gasteiger partial charge in [0.25, 0.3) is 0 Å². The van der Waals surface area contributed by atoms with Gasteiger partial charge in [-0.1, -0.05) is 6.07 Å². The largest absolute Gasteiger partial charge is 0.493 e. The van der Waals surface area contributed by atoms with Gasteiger partial charge in [-0.3, -0.25) is 0 Å². The number of alkyl halides is 3. The number of benzene rings is 1. The SMILES string of the molecule is FC(F)(F)SCCOc1cccc(I)c1. The maximum atomic E-state index is 11.8. The predicted molar refractivity (Wildman–Crippen MR) is 63.2 cm³/mol. The average Bonchev–Trinajstić information content (AvgIpc) is 2.11. The van der Waals surface area contributed by atoms with Crippen molar-refractivity contribution >= 4 is 34.4 Å². The Morgan fingerprint density at radius 3 is 2.67 bits per heavy atom. The molecule has 0 amide bonds. The first-order valence-corrected chi connectivity index (χ1v) is 6.13. The summed E-state index contributed by atoms with van der Waals surface area (Å²) in [6, 6.07) is 7.19. The van der Waals surface area contributed by atoms with Crippen LogP contribution < -0.4 is 4.74 Å². The van der Waals surface area contributed by atoms with Gasteiger partial charge in [0.05, 0.1) is 6.61 Å². The molecule has 0 aliphatic rings. The molecule has 1 aromatic carbocycles. The summed E-state index contributed by atoms with van der Waals surface area (Å²) in [5, 5.41) is 0. The van der Waals surface area contributed by atoms with Gasteiger partial charge in [0.1, 0.15) is 5.75 Å². The van der Waals surface area contributed by atoms with Crippen molar-refractivity contribution in [3.8, 4) is 5.75 Å². The van der Waals surface area contributed by atoms with Crippen LogP contribution >= 0.6 is 34.4 Å². The summed E-state index contributed by atoms with van der Waals surface area (Å²) in [7, 11) is 0. The summed E-state index contributed by atoms with van der Waals surface area (Å²) >= 11 is 2.04. The maximum absolute atomic E-state index is 11.8. The molecule has 0 bridgehead atoms. The van der Waals surface area contributed by atoms with Gasteiger partial charge in [-0.15, -0.1) is 0 Å². The molecule has 0 unspecified atom stereocenters. The Bertz CT molecular complexity index is 316. The first-order chi connectivity index (χ1) is 6.97. The molecule has 0 atom stereocenters. The van der Waals surface area contributed by atoms with E-state index in [0.29, 0.717) is 5.75 Å². The van der Waals surface area contributed by atoms with Crippen molar-refractivity contribution in [1.82, 2.24) is 0 Å². The molecule has 0 saturated heterocycles. The minimum Gasteiger partial charge on any atom is -0.493 e. The molecule has 0 heterocycles. The molecule has 0 spiro atoms. The number of ether oxygens (including phenoxy) is 1. The predicted octanol–water partition coefficient (Wildman–Crippen LogP) is 3.92. The summed E-state index contributed by atoms with van der Waals surface area (Å²) in [6.07, 6.45) is 0. The maximum Gasteiger partial charge on any atom is 0.441 e. The van der Waals surface area contributed by atoms with E-state index in [1.165, 1.54) is 0 Å². The van der Waals surface area contributed by atoms with Crippen molar-refractivity contribution < 1.29 is 17.9 Å². The minimum atomic E-state index is -4.17. The summed E-state index contributed by atoms with van der Waals surface area (Å²) in [5.74, 6) is 0.513. The Hall–Kier alpha value is -0.110. The number of hydrogen-bond acceptors (Lipinski definition) is 2. The molecule has 6 heteroatoms. The standard InChI is InChI=1S/C9H8F3IOS/c10-9(11,12)15-5-4-14-8-3-1-2-7(13)6-8/h1-3,6H,4-5H2. The van der Waals surface area contributed by atoms with Crippen LogP contribution in [0.4, 0.5) is 13.2 Å². The van der Waals surface area contributed by atoms with Crippen molar-refractivity contribution in [2.75, 3.05) is 12.4 Å². The van der Waals surface area contributed by atoms with Crippen LogP contribution in [0.2, 0.25) is 0 Å². The van der Waals surface area contributed by atoms with E-state index in [1.54, 1.807) is 18.2 Å². The van der Waals surface area contributed by atoms with Crippen LogP contribution in [0, 0.1) is 3.57 Å². The molecule has 0 saturated carbocycles. The van der Waals surface area contributed by atoms with E-state index in [1.807, 2.05) is 6.07 Å². The lowest BCUT2D eigenvalue weighted by Gasteiger charge is -2.07. The normalized spacial score (nSPS) is 11.5. The monoisotopic (exact) mass is 348 g/mol. The van der Waals surface area contributed by atoms with Crippen LogP contribution in [0.15, 0.2) is 24.3 Å². The third-order valence-corrected chi connectivity index (χ3v) is 2.78. The highest BCUT2D eigenvalue weighted by atomic mass is 127. The van der Waals surface area contributed by atoms with Crippen molar-refractivity contribution in [3.05, 3.63) is 27.8 Å². The molecular weight excluding hydrogens is 340 g/mol. The van der Waals surface area contributed by atoms with Crippen LogP contribution in [-0.4, -0.2) is 17.9 Å². The zero-order valence-corrected chi connectivity index (χ0v) is 10.5. The highest BCUT2D eigenvalue weighted by molar-refractivity contribution is 14.1. The fourth-order valence-electron chi connectivity index (χ4n) is 0.874. The van der Waals surface area contributed by atoms with Gasteiger partial charge < -0.3 is 4.74 Å². The van der Waals surface area contributed by atoms with E-state index in [2.05, 4.69) is 22.6 Å². The molecule has 1 nitrogen and oxygen atoms in total. The lowest BCUT2D eigenvalue weighted by Crippen LogP contribution is -2.07. The Labute approximate surface area is 104 Å². The molecule has 0 aliphatic carbocycles. The Kier molecular flexibility index (Phi) is 5.04. The summed E-state index contributed by atoms with van der Waals surface area (Å²) in [5.41, 5.74) is -4.17. The van der Waals surface area contributed by atoms with Crippen molar-refractivity contribution in [2.24, 2.45) is 0 Å². The smallest absolute Gasteiger partial charge is 0.441 e. The third-order valence-electron chi connectivity index (χ3n) is 1.41. The van der Waals surface area contributed by atoms with Crippen LogP contribution in [0.25, 0.3) is 0 Å². The summed E-state index contributed by atoms with van der Waals surface area (Å²) in [6.45, 7) is 0.0598. The van der Waals surface area contributed by atoms with E-state index in [4.69, 9.17) is 4.74 Å². The topological polar surface area (TPSA) is 9.23 Å². The number of halogens is 4. The molecule has 0 aromatic heterocycles. The van der Waals surface area contributed by atoms with Crippen LogP contribution in [0.1, 0.15) is 0 Å². The molecular formula is C9H8F3IOS. The van der Waals surface area contributed by atoms with Crippen LogP contribution in [0.3, 0.4) is 0 Å². The molecule has 0 fully saturated rings.